The van der Waals surface area contributed by atoms with Crippen molar-refractivity contribution >= 4 is 23.1 Å². The van der Waals surface area contributed by atoms with E-state index in [0.717, 1.165) is 17.0 Å². The third kappa shape index (κ3) is 4.82. The Hall–Kier alpha value is -3.86. The second kappa shape index (κ2) is 9.74. The molecule has 0 unspecified atom stereocenters. The molecule has 33 heavy (non-hydrogen) atoms. The maximum absolute atomic E-state index is 13.6. The van der Waals surface area contributed by atoms with Crippen molar-refractivity contribution in [2.75, 3.05) is 18.6 Å². The summed E-state index contributed by atoms with van der Waals surface area (Å²) in [6, 6.07) is 26.5. The summed E-state index contributed by atoms with van der Waals surface area (Å²) in [6.07, 6.45) is 0. The second-order valence-electron chi connectivity index (χ2n) is 8.53. The van der Waals surface area contributed by atoms with Gasteiger partial charge >= 0.3 is 0 Å². The van der Waals surface area contributed by atoms with Gasteiger partial charge in [0.1, 0.15) is 11.4 Å². The molecule has 0 bridgehead atoms. The zero-order chi connectivity index (χ0) is 23.4. The van der Waals surface area contributed by atoms with Gasteiger partial charge in [-0.1, -0.05) is 74.5 Å². The molecule has 3 aromatic carbocycles. The Kier molecular flexibility index (Phi) is 6.59. The molecule has 0 spiro atoms. The van der Waals surface area contributed by atoms with E-state index in [9.17, 15) is 9.59 Å². The van der Waals surface area contributed by atoms with Crippen LogP contribution in [0.15, 0.2) is 90.6 Å². The molecular formula is C28H28N2O3. The third-order valence-corrected chi connectivity index (χ3v) is 5.53. The maximum atomic E-state index is 13.6. The van der Waals surface area contributed by atoms with Gasteiger partial charge in [-0.25, -0.2) is 0 Å². The molecule has 0 N–H and O–H groups in total. The molecule has 4 rings (SSSR count). The molecule has 0 fully saturated rings. The molecule has 0 radical (unpaired) electrons. The number of hydrogen-bond donors (Lipinski definition) is 0. The standard InChI is InChI=1S/C28H28N2O3/c1-20(2)19-33-24-16-14-22(15-17-24)25-26(29(3)23-12-8-5-9-13-23)28(32)30(27(25)31)18-21-10-6-4-7-11-21/h4-17,20H,18-19H2,1-3H3. The van der Waals surface area contributed by atoms with Crippen LogP contribution in [0.2, 0.25) is 0 Å². The SMILES string of the molecule is CC(C)COc1ccc(C2=C(N(C)c3ccccc3)C(=O)N(Cc3ccccc3)C2=O)cc1. The zero-order valence-corrected chi connectivity index (χ0v) is 19.2. The summed E-state index contributed by atoms with van der Waals surface area (Å²) < 4.78 is 5.79. The number of carbonyl (C=O) groups excluding carboxylic acids is 2. The minimum Gasteiger partial charge on any atom is -0.493 e. The molecule has 1 heterocycles. The van der Waals surface area contributed by atoms with Crippen LogP contribution in [0, 0.1) is 5.92 Å². The van der Waals surface area contributed by atoms with Crippen LogP contribution in [-0.4, -0.2) is 30.4 Å². The van der Waals surface area contributed by atoms with Crippen LogP contribution in [0.25, 0.3) is 5.57 Å². The van der Waals surface area contributed by atoms with Crippen molar-refractivity contribution in [3.05, 3.63) is 102 Å². The van der Waals surface area contributed by atoms with E-state index >= 15 is 0 Å². The van der Waals surface area contributed by atoms with E-state index in [1.165, 1.54) is 4.90 Å². The van der Waals surface area contributed by atoms with E-state index in [0.29, 0.717) is 29.4 Å². The van der Waals surface area contributed by atoms with Crippen LogP contribution in [0.3, 0.4) is 0 Å². The van der Waals surface area contributed by atoms with Gasteiger partial charge in [0, 0.05) is 12.7 Å². The first-order valence-electron chi connectivity index (χ1n) is 11.1. The molecule has 0 atom stereocenters. The predicted octanol–water partition coefficient (Wildman–Crippen LogP) is 5.14. The number of amides is 2. The second-order valence-corrected chi connectivity index (χ2v) is 8.53. The van der Waals surface area contributed by atoms with Gasteiger partial charge in [0.15, 0.2) is 0 Å². The first kappa shape index (κ1) is 22.3. The Morgan fingerprint density at radius 2 is 1.42 bits per heavy atom. The highest BCUT2D eigenvalue weighted by Crippen LogP contribution is 2.34. The van der Waals surface area contributed by atoms with Crippen molar-refractivity contribution in [2.24, 2.45) is 5.92 Å². The van der Waals surface area contributed by atoms with Crippen LogP contribution in [0.1, 0.15) is 25.0 Å². The summed E-state index contributed by atoms with van der Waals surface area (Å²) in [5.74, 6) is 0.561. The van der Waals surface area contributed by atoms with Gasteiger partial charge in [0.05, 0.1) is 18.7 Å². The molecule has 5 heteroatoms. The van der Waals surface area contributed by atoms with Crippen LogP contribution < -0.4 is 9.64 Å². The number of benzene rings is 3. The fourth-order valence-electron chi connectivity index (χ4n) is 3.81. The van der Waals surface area contributed by atoms with Gasteiger partial charge in [-0.05, 0) is 41.3 Å². The first-order valence-corrected chi connectivity index (χ1v) is 11.1. The van der Waals surface area contributed by atoms with Crippen molar-refractivity contribution in [1.29, 1.82) is 0 Å². The van der Waals surface area contributed by atoms with Crippen LogP contribution >= 0.6 is 0 Å². The lowest BCUT2D eigenvalue weighted by molar-refractivity contribution is -0.137. The van der Waals surface area contributed by atoms with E-state index < -0.39 is 0 Å². The Balaban J connectivity index is 1.72. The minimum atomic E-state index is -0.301. The molecule has 0 saturated carbocycles. The Bertz CT molecular complexity index is 1150. The lowest BCUT2D eigenvalue weighted by Gasteiger charge is -2.21. The summed E-state index contributed by atoms with van der Waals surface area (Å²) in [4.78, 5) is 30.2. The van der Waals surface area contributed by atoms with E-state index in [1.54, 1.807) is 4.90 Å². The summed E-state index contributed by atoms with van der Waals surface area (Å²) in [7, 11) is 1.82. The Labute approximate surface area is 194 Å². The number of para-hydroxylation sites is 1. The number of ether oxygens (including phenoxy) is 1. The van der Waals surface area contributed by atoms with Crippen LogP contribution in [0.5, 0.6) is 5.75 Å². The summed E-state index contributed by atoms with van der Waals surface area (Å²) >= 11 is 0. The lowest BCUT2D eigenvalue weighted by Crippen LogP contribution is -2.33. The number of rotatable bonds is 8. The van der Waals surface area contributed by atoms with Crippen molar-refractivity contribution in [2.45, 2.75) is 20.4 Å². The largest absolute Gasteiger partial charge is 0.493 e. The minimum absolute atomic E-state index is 0.226. The number of hydrogen-bond acceptors (Lipinski definition) is 4. The predicted molar refractivity (Wildman–Crippen MR) is 131 cm³/mol. The molecular weight excluding hydrogens is 412 g/mol. The number of anilines is 1. The van der Waals surface area contributed by atoms with E-state index in [2.05, 4.69) is 13.8 Å². The van der Waals surface area contributed by atoms with Gasteiger partial charge in [-0.15, -0.1) is 0 Å². The van der Waals surface area contributed by atoms with Crippen molar-refractivity contribution in [3.63, 3.8) is 0 Å². The number of likely N-dealkylation sites (N-methyl/N-ethyl adjacent to an activating group) is 1. The lowest BCUT2D eigenvalue weighted by atomic mass is 10.0. The maximum Gasteiger partial charge on any atom is 0.278 e. The highest BCUT2D eigenvalue weighted by molar-refractivity contribution is 6.36. The molecule has 5 nitrogen and oxygen atoms in total. The van der Waals surface area contributed by atoms with Gasteiger partial charge in [-0.2, -0.15) is 0 Å². The molecule has 1 aliphatic heterocycles. The number of nitrogens with zero attached hydrogens (tertiary/aromatic N) is 2. The number of imide groups is 1. The molecule has 3 aromatic rings. The quantitative estimate of drug-likeness (QED) is 0.455. The third-order valence-electron chi connectivity index (χ3n) is 5.53. The van der Waals surface area contributed by atoms with Crippen molar-refractivity contribution in [3.8, 4) is 5.75 Å². The molecule has 0 aromatic heterocycles. The van der Waals surface area contributed by atoms with Crippen molar-refractivity contribution in [1.82, 2.24) is 4.90 Å². The fourth-order valence-corrected chi connectivity index (χ4v) is 3.81. The summed E-state index contributed by atoms with van der Waals surface area (Å²) in [5.41, 5.74) is 3.21. The highest BCUT2D eigenvalue weighted by Gasteiger charge is 2.41. The van der Waals surface area contributed by atoms with Crippen molar-refractivity contribution < 1.29 is 14.3 Å². The summed E-state index contributed by atoms with van der Waals surface area (Å²) in [5, 5.41) is 0. The summed E-state index contributed by atoms with van der Waals surface area (Å²) in [6.45, 7) is 5.03. The number of carbonyl (C=O) groups is 2. The monoisotopic (exact) mass is 440 g/mol. The Morgan fingerprint density at radius 1 is 0.818 bits per heavy atom. The molecule has 2 amide bonds. The van der Waals surface area contributed by atoms with Gasteiger partial charge in [0.2, 0.25) is 0 Å². The van der Waals surface area contributed by atoms with Gasteiger partial charge in [-0.3, -0.25) is 14.5 Å². The zero-order valence-electron chi connectivity index (χ0n) is 19.2. The molecule has 0 saturated heterocycles. The smallest absolute Gasteiger partial charge is 0.278 e. The van der Waals surface area contributed by atoms with Crippen LogP contribution in [0.4, 0.5) is 5.69 Å². The van der Waals surface area contributed by atoms with E-state index in [4.69, 9.17) is 4.74 Å². The first-order chi connectivity index (χ1) is 16.0. The van der Waals surface area contributed by atoms with Gasteiger partial charge < -0.3 is 9.64 Å². The van der Waals surface area contributed by atoms with E-state index in [-0.39, 0.29) is 18.4 Å². The topological polar surface area (TPSA) is 49.9 Å². The van der Waals surface area contributed by atoms with Gasteiger partial charge in [0.25, 0.3) is 11.8 Å². The highest BCUT2D eigenvalue weighted by atomic mass is 16.5. The Morgan fingerprint density at radius 3 is 2.03 bits per heavy atom. The average molecular weight is 441 g/mol. The molecule has 1 aliphatic rings. The normalized spacial score (nSPS) is 13.8. The molecule has 168 valence electrons. The van der Waals surface area contributed by atoms with E-state index in [1.807, 2.05) is 92.0 Å². The molecule has 0 aliphatic carbocycles. The van der Waals surface area contributed by atoms with Crippen LogP contribution in [-0.2, 0) is 16.1 Å². The average Bonchev–Trinajstić information content (AvgIpc) is 3.08. The fraction of sp³-hybridized carbons (Fsp3) is 0.214.